The van der Waals surface area contributed by atoms with Crippen molar-refractivity contribution in [3.05, 3.63) is 0 Å². The van der Waals surface area contributed by atoms with Gasteiger partial charge in [0.25, 0.3) is 0 Å². The summed E-state index contributed by atoms with van der Waals surface area (Å²) >= 11 is 0. The van der Waals surface area contributed by atoms with Crippen LogP contribution in [0.1, 0.15) is 59.8 Å². The minimum atomic E-state index is 0.505. The van der Waals surface area contributed by atoms with Crippen LogP contribution in [-0.4, -0.2) is 35.6 Å². The number of likely N-dealkylation sites (tertiary alicyclic amines) is 1. The van der Waals surface area contributed by atoms with E-state index in [4.69, 9.17) is 0 Å². The fraction of sp³-hybridized carbons (Fsp3) is 1.00. The van der Waals surface area contributed by atoms with Gasteiger partial charge in [0, 0.05) is 24.2 Å². The van der Waals surface area contributed by atoms with Gasteiger partial charge in [-0.2, -0.15) is 0 Å². The van der Waals surface area contributed by atoms with Crippen LogP contribution in [0.3, 0.4) is 0 Å². The van der Waals surface area contributed by atoms with Crippen molar-refractivity contribution >= 4 is 0 Å². The van der Waals surface area contributed by atoms with Crippen LogP contribution in [-0.2, 0) is 0 Å². The normalized spacial score (nSPS) is 38.5. The molecule has 1 N–H and O–H groups in total. The molecule has 0 aromatic heterocycles. The topological polar surface area (TPSA) is 15.3 Å². The summed E-state index contributed by atoms with van der Waals surface area (Å²) in [5, 5.41) is 3.66. The first-order valence-corrected chi connectivity index (χ1v) is 7.58. The van der Waals surface area contributed by atoms with Crippen LogP contribution < -0.4 is 5.32 Å². The molecule has 3 atom stereocenters. The molecule has 0 amide bonds. The summed E-state index contributed by atoms with van der Waals surface area (Å²) in [6, 6.07) is 1.46. The van der Waals surface area contributed by atoms with E-state index in [2.05, 4.69) is 37.9 Å². The van der Waals surface area contributed by atoms with Gasteiger partial charge in [-0.25, -0.2) is 0 Å². The average Bonchev–Trinajstić information content (AvgIpc) is 2.73. The largest absolute Gasteiger partial charge is 0.314 e. The molecule has 3 unspecified atom stereocenters. The van der Waals surface area contributed by atoms with Crippen molar-refractivity contribution in [3.63, 3.8) is 0 Å². The Morgan fingerprint density at radius 2 is 1.88 bits per heavy atom. The van der Waals surface area contributed by atoms with Gasteiger partial charge in [0.2, 0.25) is 0 Å². The van der Waals surface area contributed by atoms with Gasteiger partial charge >= 0.3 is 0 Å². The summed E-state index contributed by atoms with van der Waals surface area (Å²) in [6.07, 6.45) is 7.02. The Morgan fingerprint density at radius 3 is 2.47 bits per heavy atom. The molecule has 0 aromatic carbocycles. The molecule has 2 rings (SSSR count). The summed E-state index contributed by atoms with van der Waals surface area (Å²) in [4.78, 5) is 2.82. The number of nitrogens with one attached hydrogen (secondary N) is 1. The summed E-state index contributed by atoms with van der Waals surface area (Å²) in [6.45, 7) is 12.0. The molecule has 17 heavy (non-hydrogen) atoms. The van der Waals surface area contributed by atoms with Gasteiger partial charge in [-0.1, -0.05) is 26.7 Å². The number of piperidine rings is 1. The van der Waals surface area contributed by atoms with E-state index in [1.54, 1.807) is 0 Å². The van der Waals surface area contributed by atoms with Crippen LogP contribution in [0.2, 0.25) is 0 Å². The molecule has 1 aliphatic carbocycles. The molecular weight excluding hydrogens is 208 g/mol. The van der Waals surface area contributed by atoms with Crippen LogP contribution >= 0.6 is 0 Å². The second-order valence-electron chi connectivity index (χ2n) is 6.45. The highest BCUT2D eigenvalue weighted by molar-refractivity contribution is 4.98. The van der Waals surface area contributed by atoms with Crippen molar-refractivity contribution in [2.24, 2.45) is 5.92 Å². The van der Waals surface area contributed by atoms with Crippen LogP contribution in [0.4, 0.5) is 0 Å². The zero-order valence-electron chi connectivity index (χ0n) is 12.1. The molecule has 0 aromatic rings. The number of hydrogen-bond donors (Lipinski definition) is 1. The predicted molar refractivity (Wildman–Crippen MR) is 74.3 cm³/mol. The van der Waals surface area contributed by atoms with Gasteiger partial charge in [0.1, 0.15) is 0 Å². The van der Waals surface area contributed by atoms with Crippen molar-refractivity contribution in [2.45, 2.75) is 77.4 Å². The highest BCUT2D eigenvalue weighted by atomic mass is 15.2. The fourth-order valence-electron chi connectivity index (χ4n) is 4.10. The van der Waals surface area contributed by atoms with Gasteiger partial charge in [-0.15, -0.1) is 0 Å². The molecule has 0 bridgehead atoms. The van der Waals surface area contributed by atoms with Crippen LogP contribution in [0.5, 0.6) is 0 Å². The quantitative estimate of drug-likeness (QED) is 0.813. The van der Waals surface area contributed by atoms with E-state index in [0.717, 1.165) is 24.5 Å². The maximum atomic E-state index is 3.66. The summed E-state index contributed by atoms with van der Waals surface area (Å²) in [5.74, 6) is 0.779. The molecule has 1 heterocycles. The maximum Gasteiger partial charge on any atom is 0.0184 e. The Morgan fingerprint density at radius 1 is 1.24 bits per heavy atom. The lowest BCUT2D eigenvalue weighted by atomic mass is 9.82. The SMILES string of the molecule is CCNC1CCN(C2(C)CCCC2)C(C)C1C. The second kappa shape index (κ2) is 5.27. The molecule has 0 spiro atoms. The first-order chi connectivity index (χ1) is 8.08. The van der Waals surface area contributed by atoms with Crippen molar-refractivity contribution in [3.8, 4) is 0 Å². The molecule has 2 heteroatoms. The molecule has 0 radical (unpaired) electrons. The zero-order valence-corrected chi connectivity index (χ0v) is 12.1. The highest BCUT2D eigenvalue weighted by Crippen LogP contribution is 2.39. The Labute approximate surface area is 107 Å². The van der Waals surface area contributed by atoms with E-state index in [-0.39, 0.29) is 0 Å². The number of nitrogens with zero attached hydrogens (tertiary/aromatic N) is 1. The molecule has 1 aliphatic heterocycles. The lowest BCUT2D eigenvalue weighted by Gasteiger charge is -2.50. The average molecular weight is 238 g/mol. The lowest BCUT2D eigenvalue weighted by molar-refractivity contribution is -0.000947. The van der Waals surface area contributed by atoms with Gasteiger partial charge in [0.15, 0.2) is 0 Å². The molecule has 100 valence electrons. The highest BCUT2D eigenvalue weighted by Gasteiger charge is 2.42. The summed E-state index contributed by atoms with van der Waals surface area (Å²) < 4.78 is 0. The van der Waals surface area contributed by atoms with Crippen molar-refractivity contribution in [1.82, 2.24) is 10.2 Å². The minimum Gasteiger partial charge on any atom is -0.314 e. The third kappa shape index (κ3) is 2.53. The first kappa shape index (κ1) is 13.4. The molecule has 2 aliphatic rings. The van der Waals surface area contributed by atoms with Crippen LogP contribution in [0.15, 0.2) is 0 Å². The number of hydrogen-bond acceptors (Lipinski definition) is 2. The van der Waals surface area contributed by atoms with Crippen molar-refractivity contribution < 1.29 is 0 Å². The van der Waals surface area contributed by atoms with Gasteiger partial charge in [0.05, 0.1) is 0 Å². The molecule has 2 fully saturated rings. The van der Waals surface area contributed by atoms with Crippen molar-refractivity contribution in [2.75, 3.05) is 13.1 Å². The van der Waals surface area contributed by atoms with Gasteiger partial charge in [-0.3, -0.25) is 4.90 Å². The second-order valence-corrected chi connectivity index (χ2v) is 6.45. The lowest BCUT2D eigenvalue weighted by Crippen LogP contribution is -2.59. The summed E-state index contributed by atoms with van der Waals surface area (Å²) in [7, 11) is 0. The minimum absolute atomic E-state index is 0.505. The van der Waals surface area contributed by atoms with Crippen molar-refractivity contribution in [1.29, 1.82) is 0 Å². The smallest absolute Gasteiger partial charge is 0.0184 e. The summed E-state index contributed by atoms with van der Waals surface area (Å²) in [5.41, 5.74) is 0.505. The van der Waals surface area contributed by atoms with E-state index >= 15 is 0 Å². The molecular formula is C15H30N2. The van der Waals surface area contributed by atoms with E-state index in [9.17, 15) is 0 Å². The van der Waals surface area contributed by atoms with Crippen LogP contribution in [0.25, 0.3) is 0 Å². The van der Waals surface area contributed by atoms with E-state index in [0.29, 0.717) is 5.54 Å². The standard InChI is InChI=1S/C15H30N2/c1-5-16-14-8-11-17(13(3)12(14)2)15(4)9-6-7-10-15/h12-14,16H,5-11H2,1-4H3. The van der Waals surface area contributed by atoms with Gasteiger partial charge < -0.3 is 5.32 Å². The third-order valence-corrected chi connectivity index (χ3v) is 5.41. The fourth-order valence-corrected chi connectivity index (χ4v) is 4.10. The van der Waals surface area contributed by atoms with Crippen LogP contribution in [0, 0.1) is 5.92 Å². The van der Waals surface area contributed by atoms with Gasteiger partial charge in [-0.05, 0) is 45.6 Å². The Kier molecular flexibility index (Phi) is 4.14. The maximum absolute atomic E-state index is 3.66. The van der Waals surface area contributed by atoms with E-state index < -0.39 is 0 Å². The van der Waals surface area contributed by atoms with E-state index in [1.807, 2.05) is 0 Å². The Balaban J connectivity index is 2.02. The number of rotatable bonds is 3. The monoisotopic (exact) mass is 238 g/mol. The Bertz CT molecular complexity index is 245. The first-order valence-electron chi connectivity index (χ1n) is 7.58. The third-order valence-electron chi connectivity index (χ3n) is 5.41. The predicted octanol–water partition coefficient (Wildman–Crippen LogP) is 3.03. The molecule has 1 saturated heterocycles. The zero-order chi connectivity index (χ0) is 12.5. The Hall–Kier alpha value is -0.0800. The molecule has 2 nitrogen and oxygen atoms in total. The molecule has 1 saturated carbocycles. The van der Waals surface area contributed by atoms with E-state index in [1.165, 1.54) is 38.6 Å².